The minimum atomic E-state index is -0.0400. The van der Waals surface area contributed by atoms with Crippen LogP contribution in [-0.4, -0.2) is 15.8 Å². The molecule has 2 heterocycles. The second-order valence-electron chi connectivity index (χ2n) is 5.15. The van der Waals surface area contributed by atoms with Gasteiger partial charge < -0.3 is 9.97 Å². The Kier molecular flexibility index (Phi) is 2.39. The number of allylic oxidation sites excluding steroid dienone is 1. The van der Waals surface area contributed by atoms with E-state index < -0.39 is 0 Å². The van der Waals surface area contributed by atoms with Crippen LogP contribution in [0.25, 0.3) is 22.6 Å². The second-order valence-corrected chi connectivity index (χ2v) is 5.15. The molecule has 0 amide bonds. The van der Waals surface area contributed by atoms with Crippen molar-refractivity contribution in [3.8, 4) is 0 Å². The molecule has 0 bridgehead atoms. The fourth-order valence-electron chi connectivity index (χ4n) is 2.64. The summed E-state index contributed by atoms with van der Waals surface area (Å²) in [6.07, 6.45) is 1.81. The number of nitrogens with one attached hydrogen (secondary N) is 2. The average Bonchev–Trinajstić information content (AvgIpc) is 3.11. The van der Waals surface area contributed by atoms with Gasteiger partial charge in [0.15, 0.2) is 0 Å². The minimum absolute atomic E-state index is 0.0400. The number of carbonyl (C=O) groups is 1. The topological polar surface area (TPSA) is 48.6 Å². The predicted octanol–water partition coefficient (Wildman–Crippen LogP) is 3.91. The Morgan fingerprint density at radius 2 is 1.90 bits per heavy atom. The standard InChI is InChI=1S/C18H12N2O/c1-11-5-4-8-15-13(11)10-17(20-15)18(21)16-9-12-6-2-3-7-14(12)19-16/h2-3,6-10,19-20H,1H3. The molecule has 100 valence electrons. The van der Waals surface area contributed by atoms with Gasteiger partial charge in [-0.05, 0) is 25.1 Å². The van der Waals surface area contributed by atoms with Gasteiger partial charge in [0.05, 0.1) is 17.1 Å². The van der Waals surface area contributed by atoms with Crippen molar-refractivity contribution in [2.75, 3.05) is 0 Å². The molecule has 0 spiro atoms. The lowest BCUT2D eigenvalue weighted by Gasteiger charge is -1.97. The molecule has 3 heteroatoms. The van der Waals surface area contributed by atoms with Crippen LogP contribution in [0.5, 0.6) is 0 Å². The third-order valence-electron chi connectivity index (χ3n) is 3.75. The molecule has 2 aromatic heterocycles. The Hall–Kier alpha value is -2.99. The Labute approximate surface area is 121 Å². The SMILES string of the molecule is CC1=C=C=Cc2[nH]c(C(=O)c3cc4ccccc4[nH]3)cc21. The Morgan fingerprint density at radius 1 is 1.10 bits per heavy atom. The summed E-state index contributed by atoms with van der Waals surface area (Å²) >= 11 is 0. The Bertz CT molecular complexity index is 954. The van der Waals surface area contributed by atoms with E-state index in [1.165, 1.54) is 0 Å². The van der Waals surface area contributed by atoms with Crippen LogP contribution in [0.2, 0.25) is 0 Å². The van der Waals surface area contributed by atoms with E-state index >= 15 is 0 Å². The fraction of sp³-hybridized carbons (Fsp3) is 0.0556. The molecular weight excluding hydrogens is 260 g/mol. The van der Waals surface area contributed by atoms with Gasteiger partial charge in [-0.2, -0.15) is 0 Å². The molecule has 0 saturated carbocycles. The van der Waals surface area contributed by atoms with Crippen LogP contribution in [0.1, 0.15) is 34.4 Å². The summed E-state index contributed by atoms with van der Waals surface area (Å²) in [6, 6.07) is 11.6. The lowest BCUT2D eigenvalue weighted by molar-refractivity contribution is 0.103. The van der Waals surface area contributed by atoms with Gasteiger partial charge in [0.25, 0.3) is 0 Å². The summed E-state index contributed by atoms with van der Waals surface area (Å²) in [5.41, 5.74) is 11.0. The quantitative estimate of drug-likeness (QED) is 0.539. The van der Waals surface area contributed by atoms with E-state index in [1.807, 2.05) is 49.4 Å². The van der Waals surface area contributed by atoms with Crippen molar-refractivity contribution in [1.29, 1.82) is 0 Å². The molecule has 4 rings (SSSR count). The first kappa shape index (κ1) is 11.8. The molecule has 0 unspecified atom stereocenters. The lowest BCUT2D eigenvalue weighted by Crippen LogP contribution is -2.01. The summed E-state index contributed by atoms with van der Waals surface area (Å²) in [7, 11) is 0. The highest BCUT2D eigenvalue weighted by atomic mass is 16.1. The monoisotopic (exact) mass is 272 g/mol. The van der Waals surface area contributed by atoms with Crippen LogP contribution in [0.15, 0.2) is 47.9 Å². The van der Waals surface area contributed by atoms with Gasteiger partial charge in [-0.3, -0.25) is 4.79 Å². The second kappa shape index (κ2) is 4.26. The molecule has 3 aromatic rings. The smallest absolute Gasteiger partial charge is 0.225 e. The van der Waals surface area contributed by atoms with E-state index in [1.54, 1.807) is 0 Å². The third kappa shape index (κ3) is 1.81. The number of H-pyrrole nitrogens is 2. The number of ketones is 1. The zero-order chi connectivity index (χ0) is 14.4. The van der Waals surface area contributed by atoms with Crippen LogP contribution in [0.4, 0.5) is 0 Å². The molecule has 0 radical (unpaired) electrons. The molecule has 3 nitrogen and oxygen atoms in total. The maximum absolute atomic E-state index is 12.6. The number of aromatic nitrogens is 2. The fourth-order valence-corrected chi connectivity index (χ4v) is 2.64. The summed E-state index contributed by atoms with van der Waals surface area (Å²) in [4.78, 5) is 18.9. The predicted molar refractivity (Wildman–Crippen MR) is 83.1 cm³/mol. The van der Waals surface area contributed by atoms with E-state index in [0.29, 0.717) is 11.4 Å². The third-order valence-corrected chi connectivity index (χ3v) is 3.75. The number of benzene rings is 1. The maximum Gasteiger partial charge on any atom is 0.225 e. The number of rotatable bonds is 2. The van der Waals surface area contributed by atoms with Crippen LogP contribution in [0.3, 0.4) is 0 Å². The number of aromatic amines is 2. The van der Waals surface area contributed by atoms with Gasteiger partial charge in [0.1, 0.15) is 0 Å². The van der Waals surface area contributed by atoms with Crippen LogP contribution in [-0.2, 0) is 0 Å². The lowest BCUT2D eigenvalue weighted by atomic mass is 10.1. The molecule has 1 aliphatic carbocycles. The Morgan fingerprint density at radius 3 is 2.71 bits per heavy atom. The molecule has 1 aromatic carbocycles. The van der Waals surface area contributed by atoms with Crippen LogP contribution >= 0.6 is 0 Å². The molecule has 2 N–H and O–H groups in total. The summed E-state index contributed by atoms with van der Waals surface area (Å²) in [5, 5.41) is 1.04. The van der Waals surface area contributed by atoms with Crippen LogP contribution in [0, 0.1) is 0 Å². The van der Waals surface area contributed by atoms with E-state index in [4.69, 9.17) is 0 Å². The molecule has 1 aliphatic rings. The van der Waals surface area contributed by atoms with E-state index in [2.05, 4.69) is 21.4 Å². The maximum atomic E-state index is 12.6. The number of hydrogen-bond donors (Lipinski definition) is 2. The molecule has 0 atom stereocenters. The van der Waals surface area contributed by atoms with Crippen molar-refractivity contribution in [2.24, 2.45) is 0 Å². The Balaban J connectivity index is 1.79. The van der Waals surface area contributed by atoms with Crippen molar-refractivity contribution < 1.29 is 4.79 Å². The summed E-state index contributed by atoms with van der Waals surface area (Å²) in [5.74, 6) is -0.0400. The summed E-state index contributed by atoms with van der Waals surface area (Å²) in [6.45, 7) is 1.96. The number of para-hydroxylation sites is 1. The molecule has 0 fully saturated rings. The van der Waals surface area contributed by atoms with Crippen molar-refractivity contribution in [2.45, 2.75) is 6.92 Å². The average molecular weight is 272 g/mol. The highest BCUT2D eigenvalue weighted by Gasteiger charge is 2.17. The minimum Gasteiger partial charge on any atom is -0.352 e. The van der Waals surface area contributed by atoms with Crippen molar-refractivity contribution in [3.05, 3.63) is 70.5 Å². The molecule has 21 heavy (non-hydrogen) atoms. The molecule has 0 aliphatic heterocycles. The zero-order valence-corrected chi connectivity index (χ0v) is 11.4. The summed E-state index contributed by atoms with van der Waals surface area (Å²) < 4.78 is 0. The molecule has 0 saturated heterocycles. The largest absolute Gasteiger partial charge is 0.352 e. The van der Waals surface area contributed by atoms with Crippen molar-refractivity contribution >= 4 is 28.3 Å². The van der Waals surface area contributed by atoms with Crippen LogP contribution < -0.4 is 0 Å². The zero-order valence-electron chi connectivity index (χ0n) is 11.4. The first-order valence-electron chi connectivity index (χ1n) is 6.76. The first-order valence-corrected chi connectivity index (χ1v) is 6.76. The van der Waals surface area contributed by atoms with Gasteiger partial charge >= 0.3 is 0 Å². The van der Waals surface area contributed by atoms with Gasteiger partial charge in [0.2, 0.25) is 5.78 Å². The molecular formula is C18H12N2O. The van der Waals surface area contributed by atoms with Gasteiger partial charge in [-0.25, -0.2) is 0 Å². The van der Waals surface area contributed by atoms with Crippen molar-refractivity contribution in [1.82, 2.24) is 9.97 Å². The van der Waals surface area contributed by atoms with E-state index in [-0.39, 0.29) is 5.78 Å². The number of carbonyl (C=O) groups excluding carboxylic acids is 1. The van der Waals surface area contributed by atoms with E-state index in [0.717, 1.165) is 27.7 Å². The van der Waals surface area contributed by atoms with Gasteiger partial charge in [0, 0.05) is 28.1 Å². The van der Waals surface area contributed by atoms with E-state index in [9.17, 15) is 4.79 Å². The highest BCUT2D eigenvalue weighted by molar-refractivity contribution is 6.09. The van der Waals surface area contributed by atoms with Crippen molar-refractivity contribution in [3.63, 3.8) is 0 Å². The first-order chi connectivity index (χ1) is 10.2. The van der Waals surface area contributed by atoms with Gasteiger partial charge in [-0.15, -0.1) is 0 Å². The highest BCUT2D eigenvalue weighted by Crippen LogP contribution is 2.24. The van der Waals surface area contributed by atoms with Gasteiger partial charge in [-0.1, -0.05) is 29.7 Å². The number of hydrogen-bond acceptors (Lipinski definition) is 1. The number of fused-ring (bicyclic) bond motifs is 2. The normalized spacial score (nSPS) is 12.5.